The Morgan fingerprint density at radius 3 is 2.15 bits per heavy atom. The van der Waals surface area contributed by atoms with Gasteiger partial charge in [-0.1, -0.05) is 52.2 Å². The fourth-order valence-corrected chi connectivity index (χ4v) is 2.72. The zero-order valence-electron chi connectivity index (χ0n) is 12.8. The van der Waals surface area contributed by atoms with Gasteiger partial charge in [0.25, 0.3) is 0 Å². The third kappa shape index (κ3) is 3.40. The maximum absolute atomic E-state index is 12.3. The van der Waals surface area contributed by atoms with Gasteiger partial charge in [0, 0.05) is 5.69 Å². The normalized spacial score (nSPS) is 18.6. The lowest BCUT2D eigenvalue weighted by molar-refractivity contribution is -0.122. The third-order valence-corrected chi connectivity index (χ3v) is 4.21. The van der Waals surface area contributed by atoms with E-state index in [1.807, 2.05) is 12.1 Å². The number of nitrogens with two attached hydrogens (primary N) is 1. The van der Waals surface area contributed by atoms with Crippen molar-refractivity contribution in [3.63, 3.8) is 0 Å². The summed E-state index contributed by atoms with van der Waals surface area (Å²) in [6.07, 6.45) is 4.87. The molecule has 3 nitrogen and oxygen atoms in total. The minimum absolute atomic E-state index is 0.0410. The molecule has 1 aliphatic carbocycles. The van der Waals surface area contributed by atoms with Crippen molar-refractivity contribution in [2.24, 2.45) is 5.73 Å². The Morgan fingerprint density at radius 2 is 1.65 bits per heavy atom. The molecule has 3 N–H and O–H groups in total. The van der Waals surface area contributed by atoms with Crippen LogP contribution in [0.5, 0.6) is 0 Å². The number of carbonyl (C=O) groups excluding carboxylic acids is 1. The first-order valence-corrected chi connectivity index (χ1v) is 7.52. The SMILES string of the molecule is CC(C)(C)c1ccc(NC(=O)C2(N)CCCCC2)cc1. The van der Waals surface area contributed by atoms with Crippen LogP contribution in [0.25, 0.3) is 0 Å². The maximum Gasteiger partial charge on any atom is 0.244 e. The first kappa shape index (κ1) is 15.0. The zero-order chi connectivity index (χ0) is 14.8. The Hall–Kier alpha value is -1.35. The predicted octanol–water partition coefficient (Wildman–Crippen LogP) is 3.58. The lowest BCUT2D eigenvalue weighted by Crippen LogP contribution is -2.52. The molecule has 0 aliphatic heterocycles. The minimum atomic E-state index is -0.680. The van der Waals surface area contributed by atoms with Crippen LogP contribution < -0.4 is 11.1 Å². The van der Waals surface area contributed by atoms with Gasteiger partial charge in [-0.3, -0.25) is 4.79 Å². The zero-order valence-corrected chi connectivity index (χ0v) is 12.8. The van der Waals surface area contributed by atoms with Gasteiger partial charge < -0.3 is 11.1 Å². The summed E-state index contributed by atoms with van der Waals surface area (Å²) in [6.45, 7) is 6.53. The lowest BCUT2D eigenvalue weighted by atomic mass is 9.82. The molecule has 110 valence electrons. The first-order valence-electron chi connectivity index (χ1n) is 7.52. The fourth-order valence-electron chi connectivity index (χ4n) is 2.72. The van der Waals surface area contributed by atoms with Crippen LogP contribution in [-0.4, -0.2) is 11.4 Å². The summed E-state index contributed by atoms with van der Waals surface area (Å²) in [5, 5.41) is 2.97. The molecule has 20 heavy (non-hydrogen) atoms. The van der Waals surface area contributed by atoms with Gasteiger partial charge in [-0.15, -0.1) is 0 Å². The van der Waals surface area contributed by atoms with E-state index in [2.05, 4.69) is 38.2 Å². The average Bonchev–Trinajstić information content (AvgIpc) is 2.39. The van der Waals surface area contributed by atoms with Crippen molar-refractivity contribution in [2.45, 2.75) is 63.8 Å². The van der Waals surface area contributed by atoms with E-state index in [0.29, 0.717) is 0 Å². The van der Waals surface area contributed by atoms with Gasteiger partial charge >= 0.3 is 0 Å². The van der Waals surface area contributed by atoms with Crippen molar-refractivity contribution < 1.29 is 4.79 Å². The molecule has 0 heterocycles. The van der Waals surface area contributed by atoms with Crippen molar-refractivity contribution in [1.29, 1.82) is 0 Å². The molecule has 1 aromatic carbocycles. The number of benzene rings is 1. The largest absolute Gasteiger partial charge is 0.324 e. The van der Waals surface area contributed by atoms with Crippen LogP contribution in [-0.2, 0) is 10.2 Å². The molecular weight excluding hydrogens is 248 g/mol. The summed E-state index contributed by atoms with van der Waals surface area (Å²) in [7, 11) is 0. The number of hydrogen-bond donors (Lipinski definition) is 2. The van der Waals surface area contributed by atoms with Crippen molar-refractivity contribution in [1.82, 2.24) is 0 Å². The van der Waals surface area contributed by atoms with E-state index in [4.69, 9.17) is 5.73 Å². The van der Waals surface area contributed by atoms with Gasteiger partial charge in [0.2, 0.25) is 5.91 Å². The number of hydrogen-bond acceptors (Lipinski definition) is 2. The number of nitrogens with one attached hydrogen (secondary N) is 1. The highest BCUT2D eigenvalue weighted by Gasteiger charge is 2.35. The van der Waals surface area contributed by atoms with Crippen molar-refractivity contribution in [3.8, 4) is 0 Å². The molecule has 1 aromatic rings. The summed E-state index contributed by atoms with van der Waals surface area (Å²) >= 11 is 0. The number of carbonyl (C=O) groups is 1. The maximum atomic E-state index is 12.3. The van der Waals surface area contributed by atoms with Gasteiger partial charge in [0.15, 0.2) is 0 Å². The second-order valence-electron chi connectivity index (χ2n) is 7.00. The molecule has 0 radical (unpaired) electrons. The topological polar surface area (TPSA) is 55.1 Å². The van der Waals surface area contributed by atoms with E-state index in [1.165, 1.54) is 12.0 Å². The highest BCUT2D eigenvalue weighted by Crippen LogP contribution is 2.28. The van der Waals surface area contributed by atoms with Crippen molar-refractivity contribution >= 4 is 11.6 Å². The molecule has 0 unspecified atom stereocenters. The molecule has 0 saturated heterocycles. The second kappa shape index (κ2) is 5.57. The summed E-state index contributed by atoms with van der Waals surface area (Å²) in [5.74, 6) is -0.0410. The van der Waals surface area contributed by atoms with E-state index in [-0.39, 0.29) is 11.3 Å². The van der Waals surface area contributed by atoms with Crippen molar-refractivity contribution in [2.75, 3.05) is 5.32 Å². The van der Waals surface area contributed by atoms with Gasteiger partial charge in [0.05, 0.1) is 5.54 Å². The molecule has 2 rings (SSSR count). The second-order valence-corrected chi connectivity index (χ2v) is 7.00. The molecule has 0 bridgehead atoms. The summed E-state index contributed by atoms with van der Waals surface area (Å²) in [5.41, 5.74) is 7.78. The predicted molar refractivity (Wildman–Crippen MR) is 83.8 cm³/mol. The molecule has 3 heteroatoms. The van der Waals surface area contributed by atoms with Gasteiger partial charge in [0.1, 0.15) is 0 Å². The van der Waals surface area contributed by atoms with Gasteiger partial charge in [-0.2, -0.15) is 0 Å². The molecule has 0 atom stereocenters. The molecule has 1 amide bonds. The van der Waals surface area contributed by atoms with Gasteiger partial charge in [-0.05, 0) is 36.0 Å². The van der Waals surface area contributed by atoms with Crippen LogP contribution in [0.4, 0.5) is 5.69 Å². The standard InChI is InChI=1S/C17H26N2O/c1-16(2,3)13-7-9-14(10-8-13)19-15(20)17(18)11-5-4-6-12-17/h7-10H,4-6,11-12,18H2,1-3H3,(H,19,20). The van der Waals surface area contributed by atoms with Crippen LogP contribution in [0.15, 0.2) is 24.3 Å². The van der Waals surface area contributed by atoms with E-state index >= 15 is 0 Å². The van der Waals surface area contributed by atoms with Crippen LogP contribution in [0, 0.1) is 0 Å². The molecule has 0 spiro atoms. The quantitative estimate of drug-likeness (QED) is 0.866. The van der Waals surface area contributed by atoms with E-state index in [0.717, 1.165) is 31.4 Å². The third-order valence-electron chi connectivity index (χ3n) is 4.21. The number of rotatable bonds is 2. The van der Waals surface area contributed by atoms with Crippen LogP contribution in [0.3, 0.4) is 0 Å². The lowest BCUT2D eigenvalue weighted by Gasteiger charge is -2.31. The van der Waals surface area contributed by atoms with Gasteiger partial charge in [-0.25, -0.2) is 0 Å². The van der Waals surface area contributed by atoms with Crippen molar-refractivity contribution in [3.05, 3.63) is 29.8 Å². The molecule has 1 fully saturated rings. The molecule has 0 aromatic heterocycles. The Morgan fingerprint density at radius 1 is 1.10 bits per heavy atom. The van der Waals surface area contributed by atoms with Crippen LogP contribution in [0.1, 0.15) is 58.4 Å². The summed E-state index contributed by atoms with van der Waals surface area (Å²) in [6, 6.07) is 8.06. The van der Waals surface area contributed by atoms with E-state index in [9.17, 15) is 4.79 Å². The number of anilines is 1. The fraction of sp³-hybridized carbons (Fsp3) is 0.588. The smallest absolute Gasteiger partial charge is 0.244 e. The molecular formula is C17H26N2O. The highest BCUT2D eigenvalue weighted by molar-refractivity contribution is 5.98. The number of amides is 1. The van der Waals surface area contributed by atoms with E-state index < -0.39 is 5.54 Å². The summed E-state index contributed by atoms with van der Waals surface area (Å²) < 4.78 is 0. The Labute approximate surface area is 121 Å². The Kier molecular flexibility index (Phi) is 4.19. The Bertz CT molecular complexity index is 465. The first-order chi connectivity index (χ1) is 9.31. The van der Waals surface area contributed by atoms with E-state index in [1.54, 1.807) is 0 Å². The summed E-state index contributed by atoms with van der Waals surface area (Å²) in [4.78, 5) is 12.3. The minimum Gasteiger partial charge on any atom is -0.324 e. The molecule has 1 aliphatic rings. The highest BCUT2D eigenvalue weighted by atomic mass is 16.2. The van der Waals surface area contributed by atoms with Crippen LogP contribution in [0.2, 0.25) is 0 Å². The Balaban J connectivity index is 2.04. The average molecular weight is 274 g/mol. The molecule has 1 saturated carbocycles. The van der Waals surface area contributed by atoms with Crippen LogP contribution >= 0.6 is 0 Å². The monoisotopic (exact) mass is 274 g/mol.